The van der Waals surface area contributed by atoms with Gasteiger partial charge in [0.25, 0.3) is 0 Å². The lowest BCUT2D eigenvalue weighted by Crippen LogP contribution is -2.44. The zero-order chi connectivity index (χ0) is 18.2. The molecule has 1 radical (unpaired) electrons. The first kappa shape index (κ1) is 20.2. The van der Waals surface area contributed by atoms with Gasteiger partial charge in [-0.2, -0.15) is 0 Å². The van der Waals surface area contributed by atoms with Gasteiger partial charge in [-0.1, -0.05) is 0 Å². The highest BCUT2D eigenvalue weighted by atomic mass is 16.5. The molecule has 0 aromatic carbocycles. The summed E-state index contributed by atoms with van der Waals surface area (Å²) in [7, 11) is 0. The minimum atomic E-state index is -0.950. The normalized spacial score (nSPS) is 16.0. The molecule has 1 heterocycles. The van der Waals surface area contributed by atoms with Gasteiger partial charge in [0.1, 0.15) is 5.60 Å². The number of piperidine rings is 1. The number of hydrogen-bond acceptors (Lipinski definition) is 4. The molecule has 1 saturated heterocycles. The summed E-state index contributed by atoms with van der Waals surface area (Å²) in [5.41, 5.74) is 9.52. The van der Waals surface area contributed by atoms with Crippen molar-refractivity contribution in [1.82, 2.24) is 10.2 Å². The van der Waals surface area contributed by atoms with Crippen LogP contribution in [-0.4, -0.2) is 54.5 Å². The van der Waals surface area contributed by atoms with Gasteiger partial charge in [0.2, 0.25) is 11.8 Å². The fourth-order valence-corrected chi connectivity index (χ4v) is 2.40. The van der Waals surface area contributed by atoms with Crippen molar-refractivity contribution in [2.75, 3.05) is 26.2 Å². The molecule has 24 heavy (non-hydrogen) atoms. The van der Waals surface area contributed by atoms with Gasteiger partial charge in [-0.15, -0.1) is 0 Å². The molecule has 6 N–H and O–H groups in total. The van der Waals surface area contributed by atoms with E-state index in [-0.39, 0.29) is 11.9 Å². The zero-order valence-corrected chi connectivity index (χ0v) is 14.6. The van der Waals surface area contributed by atoms with Crippen molar-refractivity contribution in [3.8, 4) is 0 Å². The van der Waals surface area contributed by atoms with Crippen molar-refractivity contribution in [3.63, 3.8) is 0 Å². The Morgan fingerprint density at radius 3 is 2.50 bits per heavy atom. The van der Waals surface area contributed by atoms with E-state index in [0.29, 0.717) is 38.6 Å². The van der Waals surface area contributed by atoms with Crippen LogP contribution in [0.3, 0.4) is 0 Å². The number of hydrogen-bond donors (Lipinski definition) is 4. The second-order valence-electron chi connectivity index (χ2n) is 6.64. The maximum absolute atomic E-state index is 12.1. The fourth-order valence-electron chi connectivity index (χ4n) is 2.40. The lowest BCUT2D eigenvalue weighted by Gasteiger charge is -2.33. The Labute approximate surface area is 143 Å². The molecule has 0 saturated carbocycles. The molecule has 1 aliphatic heterocycles. The highest BCUT2D eigenvalue weighted by Gasteiger charge is 2.29. The summed E-state index contributed by atoms with van der Waals surface area (Å²) < 4.78 is 5.62. The van der Waals surface area contributed by atoms with Crippen LogP contribution in [0.1, 0.15) is 39.5 Å². The topological polar surface area (TPSA) is 135 Å². The molecule has 8 heteroatoms. The van der Waals surface area contributed by atoms with Crippen LogP contribution < -0.4 is 16.8 Å². The maximum atomic E-state index is 12.1. The Bertz CT molecular complexity index is 445. The molecule has 0 bridgehead atoms. The smallest absolute Gasteiger partial charge is 0.249 e. The first-order valence-corrected chi connectivity index (χ1v) is 8.36. The average Bonchev–Trinajstić information content (AvgIpc) is 2.52. The number of amides is 2. The Balaban J connectivity index is 2.19. The lowest BCUT2D eigenvalue weighted by molar-refractivity contribution is -0.141. The molecule has 8 nitrogen and oxygen atoms in total. The predicted molar refractivity (Wildman–Crippen MR) is 92.0 cm³/mol. The molecular formula is C16H30N5O3. The summed E-state index contributed by atoms with van der Waals surface area (Å²) >= 11 is 0. The summed E-state index contributed by atoms with van der Waals surface area (Å²) in [5.74, 6) is -0.129. The summed E-state index contributed by atoms with van der Waals surface area (Å²) in [6.07, 6.45) is 4.84. The number of primary amides is 1. The molecule has 1 rings (SSSR count). The largest absolute Gasteiger partial charge is 0.370 e. The molecule has 0 atom stereocenters. The van der Waals surface area contributed by atoms with Gasteiger partial charge in [-0.3, -0.25) is 15.0 Å². The number of nitrogens with one attached hydrogen (secondary N) is 2. The number of guanidine groups is 1. The third kappa shape index (κ3) is 7.16. The molecule has 0 aromatic rings. The molecule has 2 amide bonds. The summed E-state index contributed by atoms with van der Waals surface area (Å²) in [4.78, 5) is 25.2. The van der Waals surface area contributed by atoms with Crippen molar-refractivity contribution in [3.05, 3.63) is 6.42 Å². The van der Waals surface area contributed by atoms with E-state index in [1.165, 1.54) is 0 Å². The molecule has 0 spiro atoms. The van der Waals surface area contributed by atoms with Gasteiger partial charge in [-0.25, -0.2) is 0 Å². The standard InChI is InChI=1S/C16H30N5O3/c1-16(2,14(17)23)24-11-12-6-9-21(10-7-12)13(22)5-3-4-8-20-15(18)19/h5,12H,3-4,6-11H2,1-2H3,(H2,17,23)(H4,18,19,20). The second kappa shape index (κ2) is 9.46. The summed E-state index contributed by atoms with van der Waals surface area (Å²) in [5, 5.41) is 9.74. The number of ether oxygens (including phenoxy) is 1. The highest BCUT2D eigenvalue weighted by molar-refractivity contribution is 5.84. The number of carbonyl (C=O) groups excluding carboxylic acids is 2. The van der Waals surface area contributed by atoms with Crippen LogP contribution in [0.4, 0.5) is 0 Å². The van der Waals surface area contributed by atoms with Crippen molar-refractivity contribution in [2.24, 2.45) is 17.4 Å². The Kier molecular flexibility index (Phi) is 7.97. The second-order valence-corrected chi connectivity index (χ2v) is 6.64. The van der Waals surface area contributed by atoms with E-state index in [2.05, 4.69) is 5.32 Å². The van der Waals surface area contributed by atoms with E-state index < -0.39 is 11.5 Å². The van der Waals surface area contributed by atoms with E-state index in [1.807, 2.05) is 4.90 Å². The van der Waals surface area contributed by atoms with E-state index in [9.17, 15) is 9.59 Å². The predicted octanol–water partition coefficient (Wildman–Crippen LogP) is -0.0269. The Morgan fingerprint density at radius 1 is 1.33 bits per heavy atom. The third-order valence-electron chi connectivity index (χ3n) is 4.21. The van der Waals surface area contributed by atoms with Gasteiger partial charge in [0.05, 0.1) is 6.61 Å². The Hall–Kier alpha value is -1.83. The number of carbonyl (C=O) groups is 2. The lowest BCUT2D eigenvalue weighted by atomic mass is 9.97. The van der Waals surface area contributed by atoms with Crippen LogP contribution in [-0.2, 0) is 14.3 Å². The molecule has 0 aliphatic carbocycles. The van der Waals surface area contributed by atoms with E-state index >= 15 is 0 Å². The van der Waals surface area contributed by atoms with E-state index in [4.69, 9.17) is 21.6 Å². The Morgan fingerprint density at radius 2 is 1.96 bits per heavy atom. The van der Waals surface area contributed by atoms with E-state index in [0.717, 1.165) is 19.3 Å². The van der Waals surface area contributed by atoms with Crippen molar-refractivity contribution in [2.45, 2.75) is 45.1 Å². The first-order valence-electron chi connectivity index (χ1n) is 8.36. The fraction of sp³-hybridized carbons (Fsp3) is 0.750. The molecule has 137 valence electrons. The summed E-state index contributed by atoms with van der Waals surface area (Å²) in [6.45, 7) is 5.82. The van der Waals surface area contributed by atoms with E-state index in [1.54, 1.807) is 20.3 Å². The van der Waals surface area contributed by atoms with Crippen LogP contribution in [0.2, 0.25) is 0 Å². The molecule has 0 aromatic heterocycles. The third-order valence-corrected chi connectivity index (χ3v) is 4.21. The minimum absolute atomic E-state index is 0.0506. The average molecular weight is 340 g/mol. The van der Waals surface area contributed by atoms with Crippen molar-refractivity contribution < 1.29 is 14.3 Å². The molecular weight excluding hydrogens is 310 g/mol. The number of nitrogens with two attached hydrogens (primary N) is 2. The van der Waals surface area contributed by atoms with Crippen LogP contribution in [0, 0.1) is 17.7 Å². The van der Waals surface area contributed by atoms with Crippen LogP contribution in [0.15, 0.2) is 0 Å². The van der Waals surface area contributed by atoms with Gasteiger partial charge in [-0.05, 0) is 45.4 Å². The molecule has 1 aliphatic rings. The van der Waals surface area contributed by atoms with Gasteiger partial charge < -0.3 is 26.4 Å². The van der Waals surface area contributed by atoms with Gasteiger partial charge >= 0.3 is 0 Å². The maximum Gasteiger partial charge on any atom is 0.249 e. The minimum Gasteiger partial charge on any atom is -0.370 e. The monoisotopic (exact) mass is 340 g/mol. The van der Waals surface area contributed by atoms with Crippen molar-refractivity contribution in [1.29, 1.82) is 5.41 Å². The van der Waals surface area contributed by atoms with Crippen molar-refractivity contribution >= 4 is 17.8 Å². The number of unbranched alkanes of at least 4 members (excludes halogenated alkanes) is 1. The number of likely N-dealkylation sites (tertiary alicyclic amines) is 1. The highest BCUT2D eigenvalue weighted by Crippen LogP contribution is 2.21. The molecule has 1 fully saturated rings. The van der Waals surface area contributed by atoms with Crippen LogP contribution >= 0.6 is 0 Å². The number of rotatable bonds is 9. The quantitative estimate of drug-likeness (QED) is 0.266. The van der Waals surface area contributed by atoms with Crippen LogP contribution in [0.25, 0.3) is 0 Å². The zero-order valence-electron chi connectivity index (χ0n) is 14.6. The number of nitrogens with zero attached hydrogens (tertiary/aromatic N) is 1. The molecule has 0 unspecified atom stereocenters. The SMILES string of the molecule is CC(C)(OCC1CCN(C(=O)[CH]CCCNC(=N)N)CC1)C(N)=O. The first-order chi connectivity index (χ1) is 11.2. The van der Waals surface area contributed by atoms with Crippen LogP contribution in [0.5, 0.6) is 0 Å². The van der Waals surface area contributed by atoms with Gasteiger partial charge in [0, 0.05) is 26.1 Å². The van der Waals surface area contributed by atoms with Gasteiger partial charge in [0.15, 0.2) is 5.96 Å². The summed E-state index contributed by atoms with van der Waals surface area (Å²) in [6, 6.07) is 0.